The summed E-state index contributed by atoms with van der Waals surface area (Å²) in [6, 6.07) is 7.13. The Kier molecular flexibility index (Phi) is 5.03. The lowest BCUT2D eigenvalue weighted by molar-refractivity contribution is 0.323. The van der Waals surface area contributed by atoms with E-state index in [1.54, 1.807) is 0 Å². The van der Waals surface area contributed by atoms with Gasteiger partial charge in [-0.1, -0.05) is 31.9 Å². The second-order valence-electron chi connectivity index (χ2n) is 4.70. The van der Waals surface area contributed by atoms with Gasteiger partial charge < -0.3 is 10.2 Å². The SMILES string of the molecule is CN(CCNC1CC1)Cc1cc(Br)ccc1Br. The minimum Gasteiger partial charge on any atom is -0.313 e. The topological polar surface area (TPSA) is 15.3 Å². The van der Waals surface area contributed by atoms with E-state index >= 15 is 0 Å². The number of nitrogens with one attached hydrogen (secondary N) is 1. The van der Waals surface area contributed by atoms with Crippen molar-refractivity contribution in [1.29, 1.82) is 0 Å². The van der Waals surface area contributed by atoms with E-state index < -0.39 is 0 Å². The van der Waals surface area contributed by atoms with Crippen molar-refractivity contribution in [2.24, 2.45) is 0 Å². The van der Waals surface area contributed by atoms with Crippen LogP contribution in [0.4, 0.5) is 0 Å². The Morgan fingerprint density at radius 2 is 2.12 bits per heavy atom. The van der Waals surface area contributed by atoms with Gasteiger partial charge in [0, 0.05) is 34.6 Å². The lowest BCUT2D eigenvalue weighted by atomic mass is 10.2. The first-order valence-electron chi connectivity index (χ1n) is 6.01. The van der Waals surface area contributed by atoms with E-state index in [0.717, 1.165) is 30.1 Å². The summed E-state index contributed by atoms with van der Waals surface area (Å²) in [7, 11) is 2.17. The van der Waals surface area contributed by atoms with Crippen LogP contribution in [0.1, 0.15) is 18.4 Å². The molecular formula is C13H18Br2N2. The van der Waals surface area contributed by atoms with Crippen molar-refractivity contribution >= 4 is 31.9 Å². The number of hydrogen-bond donors (Lipinski definition) is 1. The third-order valence-electron chi connectivity index (χ3n) is 2.95. The number of halogens is 2. The number of hydrogen-bond acceptors (Lipinski definition) is 2. The molecule has 1 saturated carbocycles. The monoisotopic (exact) mass is 360 g/mol. The van der Waals surface area contributed by atoms with Crippen LogP contribution in [0.3, 0.4) is 0 Å². The molecule has 1 N–H and O–H groups in total. The van der Waals surface area contributed by atoms with Gasteiger partial charge >= 0.3 is 0 Å². The highest BCUT2D eigenvalue weighted by atomic mass is 79.9. The predicted molar refractivity (Wildman–Crippen MR) is 79.2 cm³/mol. The van der Waals surface area contributed by atoms with Gasteiger partial charge in [-0.05, 0) is 43.7 Å². The van der Waals surface area contributed by atoms with E-state index in [1.807, 2.05) is 0 Å². The number of likely N-dealkylation sites (N-methyl/N-ethyl adjacent to an activating group) is 1. The molecule has 0 radical (unpaired) electrons. The van der Waals surface area contributed by atoms with Gasteiger partial charge in [0.1, 0.15) is 0 Å². The molecule has 1 aromatic carbocycles. The van der Waals surface area contributed by atoms with Gasteiger partial charge in [0.15, 0.2) is 0 Å². The van der Waals surface area contributed by atoms with Gasteiger partial charge in [0.2, 0.25) is 0 Å². The summed E-state index contributed by atoms with van der Waals surface area (Å²) in [5, 5.41) is 3.54. The van der Waals surface area contributed by atoms with Gasteiger partial charge in [-0.3, -0.25) is 0 Å². The van der Waals surface area contributed by atoms with Crippen molar-refractivity contribution in [1.82, 2.24) is 10.2 Å². The van der Waals surface area contributed by atoms with Crippen molar-refractivity contribution in [3.05, 3.63) is 32.7 Å². The second-order valence-corrected chi connectivity index (χ2v) is 6.47. The Morgan fingerprint density at radius 1 is 1.35 bits per heavy atom. The van der Waals surface area contributed by atoms with Crippen LogP contribution in [0, 0.1) is 0 Å². The summed E-state index contributed by atoms with van der Waals surface area (Å²) in [4.78, 5) is 2.35. The smallest absolute Gasteiger partial charge is 0.0242 e. The summed E-state index contributed by atoms with van der Waals surface area (Å²) in [6.07, 6.45) is 2.72. The molecule has 4 heteroatoms. The molecule has 0 atom stereocenters. The molecule has 1 aliphatic carbocycles. The van der Waals surface area contributed by atoms with Crippen molar-refractivity contribution in [2.75, 3.05) is 20.1 Å². The highest BCUT2D eigenvalue weighted by Crippen LogP contribution is 2.22. The Balaban J connectivity index is 1.79. The third-order valence-corrected chi connectivity index (χ3v) is 4.22. The standard InChI is InChI=1S/C13H18Br2N2/c1-17(7-6-16-12-3-4-12)9-10-8-11(14)2-5-13(10)15/h2,5,8,12,16H,3-4,6-7,9H2,1H3. The molecule has 0 bridgehead atoms. The zero-order chi connectivity index (χ0) is 12.3. The molecule has 0 amide bonds. The van der Waals surface area contributed by atoms with E-state index in [4.69, 9.17) is 0 Å². The minimum absolute atomic E-state index is 0.806. The molecule has 1 aliphatic rings. The van der Waals surface area contributed by atoms with Gasteiger partial charge in [-0.25, -0.2) is 0 Å². The van der Waals surface area contributed by atoms with Crippen molar-refractivity contribution in [2.45, 2.75) is 25.4 Å². The highest BCUT2D eigenvalue weighted by molar-refractivity contribution is 9.11. The maximum atomic E-state index is 3.60. The van der Waals surface area contributed by atoms with Gasteiger partial charge in [-0.15, -0.1) is 0 Å². The molecule has 1 fully saturated rings. The fraction of sp³-hybridized carbons (Fsp3) is 0.538. The fourth-order valence-electron chi connectivity index (χ4n) is 1.78. The molecule has 1 aromatic rings. The van der Waals surface area contributed by atoms with Crippen molar-refractivity contribution in [3.63, 3.8) is 0 Å². The van der Waals surface area contributed by atoms with Crippen LogP contribution in [0.15, 0.2) is 27.1 Å². The fourth-order valence-corrected chi connectivity index (χ4v) is 2.56. The molecule has 2 rings (SSSR count). The minimum atomic E-state index is 0.806. The Labute approximate surface area is 120 Å². The van der Waals surface area contributed by atoms with Crippen molar-refractivity contribution in [3.8, 4) is 0 Å². The second kappa shape index (κ2) is 6.32. The average Bonchev–Trinajstić information content (AvgIpc) is 3.07. The van der Waals surface area contributed by atoms with E-state index in [0.29, 0.717) is 0 Å². The number of benzene rings is 1. The van der Waals surface area contributed by atoms with E-state index in [2.05, 4.69) is 67.3 Å². The normalized spacial score (nSPS) is 15.5. The predicted octanol–water partition coefficient (Wildman–Crippen LogP) is 3.40. The molecule has 0 unspecified atom stereocenters. The molecule has 17 heavy (non-hydrogen) atoms. The molecule has 0 heterocycles. The summed E-state index contributed by atoms with van der Waals surface area (Å²) < 4.78 is 2.32. The van der Waals surface area contributed by atoms with Crippen LogP contribution in [-0.2, 0) is 6.54 Å². The van der Waals surface area contributed by atoms with Crippen LogP contribution in [0.2, 0.25) is 0 Å². The number of nitrogens with zero attached hydrogens (tertiary/aromatic N) is 1. The maximum absolute atomic E-state index is 3.60. The highest BCUT2D eigenvalue weighted by Gasteiger charge is 2.19. The van der Waals surface area contributed by atoms with Crippen LogP contribution in [0.5, 0.6) is 0 Å². The first kappa shape index (κ1) is 13.5. The molecule has 2 nitrogen and oxygen atoms in total. The quantitative estimate of drug-likeness (QED) is 0.835. The molecule has 94 valence electrons. The average molecular weight is 362 g/mol. The van der Waals surface area contributed by atoms with Crippen LogP contribution < -0.4 is 5.32 Å². The van der Waals surface area contributed by atoms with Gasteiger partial charge in [0.05, 0.1) is 0 Å². The Bertz CT molecular complexity index is 378. The zero-order valence-electron chi connectivity index (χ0n) is 10.0. The molecule has 0 saturated heterocycles. The van der Waals surface area contributed by atoms with Crippen LogP contribution >= 0.6 is 31.9 Å². The van der Waals surface area contributed by atoms with Crippen LogP contribution in [0.25, 0.3) is 0 Å². The van der Waals surface area contributed by atoms with E-state index in [1.165, 1.54) is 22.9 Å². The molecule has 0 spiro atoms. The Hall–Kier alpha value is 0.1000. The summed E-state index contributed by atoms with van der Waals surface area (Å²) in [6.45, 7) is 3.16. The molecule has 0 aliphatic heterocycles. The lowest BCUT2D eigenvalue weighted by Crippen LogP contribution is -2.30. The summed E-state index contributed by atoms with van der Waals surface area (Å²) in [5.41, 5.74) is 1.33. The van der Waals surface area contributed by atoms with Gasteiger partial charge in [-0.2, -0.15) is 0 Å². The van der Waals surface area contributed by atoms with E-state index in [-0.39, 0.29) is 0 Å². The summed E-state index contributed by atoms with van der Waals surface area (Å²) in [5.74, 6) is 0. The lowest BCUT2D eigenvalue weighted by Gasteiger charge is -2.18. The molecular weight excluding hydrogens is 344 g/mol. The first-order valence-corrected chi connectivity index (χ1v) is 7.59. The Morgan fingerprint density at radius 3 is 2.82 bits per heavy atom. The number of rotatable bonds is 6. The van der Waals surface area contributed by atoms with E-state index in [9.17, 15) is 0 Å². The maximum Gasteiger partial charge on any atom is 0.0242 e. The first-order chi connectivity index (χ1) is 8.15. The third kappa shape index (κ3) is 4.70. The summed E-state index contributed by atoms with van der Waals surface area (Å²) >= 11 is 7.11. The van der Waals surface area contributed by atoms with Crippen molar-refractivity contribution < 1.29 is 0 Å². The largest absolute Gasteiger partial charge is 0.313 e. The zero-order valence-corrected chi connectivity index (χ0v) is 13.2. The van der Waals surface area contributed by atoms with Crippen LogP contribution in [-0.4, -0.2) is 31.1 Å². The molecule has 0 aromatic heterocycles. The van der Waals surface area contributed by atoms with Gasteiger partial charge in [0.25, 0.3) is 0 Å².